The van der Waals surface area contributed by atoms with E-state index in [1.807, 2.05) is 42.7 Å². The van der Waals surface area contributed by atoms with Gasteiger partial charge in [0.25, 0.3) is 11.8 Å². The van der Waals surface area contributed by atoms with Crippen LogP contribution in [0.2, 0.25) is 0 Å². The van der Waals surface area contributed by atoms with E-state index in [9.17, 15) is 14.7 Å². The van der Waals surface area contributed by atoms with Crippen LogP contribution in [0.5, 0.6) is 0 Å². The molecular weight excluding hydrogens is 636 g/mol. The van der Waals surface area contributed by atoms with Crippen molar-refractivity contribution in [1.29, 1.82) is 0 Å². The summed E-state index contributed by atoms with van der Waals surface area (Å²) in [4.78, 5) is 39.3. The van der Waals surface area contributed by atoms with Crippen molar-refractivity contribution in [3.63, 3.8) is 0 Å². The maximum atomic E-state index is 12.2. The van der Waals surface area contributed by atoms with Crippen LogP contribution in [0.25, 0.3) is 16.8 Å². The van der Waals surface area contributed by atoms with Gasteiger partial charge < -0.3 is 30.9 Å². The molecule has 3 aliphatic rings. The summed E-state index contributed by atoms with van der Waals surface area (Å²) in [6.45, 7) is 9.61. The second-order valence-electron chi connectivity index (χ2n) is 12.7. The second kappa shape index (κ2) is 15.9. The van der Waals surface area contributed by atoms with E-state index in [0.29, 0.717) is 24.3 Å². The minimum atomic E-state index is -1.67. The number of ether oxygens (including phenoxy) is 2. The van der Waals surface area contributed by atoms with E-state index in [1.54, 1.807) is 17.5 Å². The van der Waals surface area contributed by atoms with E-state index in [0.717, 1.165) is 88.0 Å². The standard InChI is InChI=1S/C26H27N5O4.C11H17N3O/c1-29-10-8-26(34,25(29)33)7-5-18-3-2-4-20(15-18)22-21-16-19(17-30-11-13-35-14-12-30)6-9-31(21)24(28-22)23(27)32;12-8-11-7-10(1-2-13-11)9-14-3-5-15-6-4-14/h2-4,6,9,15-16,34H,8,10-14,17H2,1H3,(H2,27,32);1-2,7H,3-6,8-9,12H2/t26-;/m0./s1. The fourth-order valence-electron chi connectivity index (χ4n) is 6.28. The Bertz CT molecular complexity index is 1890. The number of aliphatic hydroxyl groups is 1. The highest BCUT2D eigenvalue weighted by atomic mass is 16.5. The predicted molar refractivity (Wildman–Crippen MR) is 188 cm³/mol. The molecule has 6 heterocycles. The van der Waals surface area contributed by atoms with E-state index in [-0.39, 0.29) is 18.2 Å². The van der Waals surface area contributed by atoms with Crippen LogP contribution in [-0.2, 0) is 33.9 Å². The Kier molecular flexibility index (Phi) is 11.2. The number of amides is 2. The number of aromatic nitrogens is 3. The van der Waals surface area contributed by atoms with Crippen molar-refractivity contribution in [3.8, 4) is 23.1 Å². The quantitative estimate of drug-likeness (QED) is 0.242. The highest BCUT2D eigenvalue weighted by Crippen LogP contribution is 2.27. The first kappa shape index (κ1) is 35.2. The first-order valence-electron chi connectivity index (χ1n) is 16.9. The van der Waals surface area contributed by atoms with E-state index >= 15 is 0 Å². The summed E-state index contributed by atoms with van der Waals surface area (Å²) in [5.41, 5.74) is 15.6. The predicted octanol–water partition coefficient (Wildman–Crippen LogP) is 1.25. The van der Waals surface area contributed by atoms with Crippen molar-refractivity contribution in [1.82, 2.24) is 29.1 Å². The molecule has 7 rings (SSSR count). The van der Waals surface area contributed by atoms with Crippen LogP contribution in [0.15, 0.2) is 60.9 Å². The molecule has 5 N–H and O–H groups in total. The van der Waals surface area contributed by atoms with Crippen molar-refractivity contribution in [2.75, 3.05) is 66.2 Å². The highest BCUT2D eigenvalue weighted by molar-refractivity contribution is 5.93. The van der Waals surface area contributed by atoms with Gasteiger partial charge in [-0.25, -0.2) is 4.98 Å². The molecule has 3 fully saturated rings. The van der Waals surface area contributed by atoms with Crippen molar-refractivity contribution in [2.24, 2.45) is 11.5 Å². The Morgan fingerprint density at radius 1 is 0.960 bits per heavy atom. The number of carbonyl (C=O) groups is 2. The van der Waals surface area contributed by atoms with Gasteiger partial charge in [-0.2, -0.15) is 0 Å². The number of fused-ring (bicyclic) bond motifs is 1. The minimum absolute atomic E-state index is 0.151. The van der Waals surface area contributed by atoms with Crippen LogP contribution in [-0.4, -0.2) is 118 Å². The van der Waals surface area contributed by atoms with Gasteiger partial charge in [-0.15, -0.1) is 0 Å². The molecular formula is C37H44N8O5. The Balaban J connectivity index is 0.000000240. The number of imidazole rings is 1. The van der Waals surface area contributed by atoms with E-state index < -0.39 is 11.5 Å². The van der Waals surface area contributed by atoms with Gasteiger partial charge in [-0.3, -0.25) is 28.8 Å². The van der Waals surface area contributed by atoms with Crippen LogP contribution in [0.4, 0.5) is 0 Å². The molecule has 13 heteroatoms. The number of likely N-dealkylation sites (tertiary alicyclic amines) is 1. The highest BCUT2D eigenvalue weighted by Gasteiger charge is 2.42. The number of pyridine rings is 2. The largest absolute Gasteiger partial charge is 0.379 e. The normalized spacial score (nSPS) is 19.9. The molecule has 3 saturated heterocycles. The summed E-state index contributed by atoms with van der Waals surface area (Å²) in [6.07, 6.45) is 3.93. The number of nitrogens with two attached hydrogens (primary N) is 2. The van der Waals surface area contributed by atoms with Crippen molar-refractivity contribution in [2.45, 2.75) is 31.7 Å². The topological polar surface area (TPSA) is 165 Å². The molecule has 0 spiro atoms. The molecule has 2 amide bonds. The second-order valence-corrected chi connectivity index (χ2v) is 12.7. The lowest BCUT2D eigenvalue weighted by atomic mass is 10.0. The third-order valence-electron chi connectivity index (χ3n) is 9.10. The molecule has 4 aromatic rings. The molecule has 50 heavy (non-hydrogen) atoms. The van der Waals surface area contributed by atoms with Gasteiger partial charge in [0.15, 0.2) is 0 Å². The lowest BCUT2D eigenvalue weighted by molar-refractivity contribution is -0.137. The fourth-order valence-corrected chi connectivity index (χ4v) is 6.28. The van der Waals surface area contributed by atoms with Crippen molar-refractivity contribution < 1.29 is 24.2 Å². The summed E-state index contributed by atoms with van der Waals surface area (Å²) in [5.74, 6) is 4.83. The Hall–Kier alpha value is -4.68. The third kappa shape index (κ3) is 8.36. The lowest BCUT2D eigenvalue weighted by Crippen LogP contribution is -2.37. The molecule has 1 aromatic carbocycles. The van der Waals surface area contributed by atoms with Crippen LogP contribution in [0.1, 0.15) is 39.4 Å². The average molecular weight is 681 g/mol. The average Bonchev–Trinajstić information content (AvgIpc) is 3.65. The Morgan fingerprint density at radius 2 is 1.64 bits per heavy atom. The Labute approximate surface area is 291 Å². The summed E-state index contributed by atoms with van der Waals surface area (Å²) in [5, 5.41) is 10.6. The molecule has 1 atom stereocenters. The van der Waals surface area contributed by atoms with Crippen molar-refractivity contribution >= 4 is 17.3 Å². The number of benzene rings is 1. The zero-order valence-corrected chi connectivity index (χ0v) is 28.4. The SMILES string of the molecule is CN1CC[C@@](O)(C#Cc2cccc(-c3nc(C(N)=O)n4ccc(CN5CCOCC5)cc34)c2)C1=O.NCc1cc(CN2CCOCC2)ccn1. The smallest absolute Gasteiger partial charge is 0.285 e. The molecule has 13 nitrogen and oxygen atoms in total. The van der Waals surface area contributed by atoms with Gasteiger partial charge >= 0.3 is 0 Å². The van der Waals surface area contributed by atoms with Gasteiger partial charge in [0.05, 0.1) is 43.3 Å². The van der Waals surface area contributed by atoms with Crippen LogP contribution in [0.3, 0.4) is 0 Å². The first-order valence-corrected chi connectivity index (χ1v) is 16.9. The van der Waals surface area contributed by atoms with Gasteiger partial charge in [0, 0.05) is 89.3 Å². The number of rotatable bonds is 7. The van der Waals surface area contributed by atoms with Crippen LogP contribution >= 0.6 is 0 Å². The number of morpholine rings is 2. The molecule has 3 aliphatic heterocycles. The van der Waals surface area contributed by atoms with Crippen LogP contribution < -0.4 is 11.5 Å². The number of nitrogens with zero attached hydrogens (tertiary/aromatic N) is 6. The third-order valence-corrected chi connectivity index (χ3v) is 9.10. The number of hydrogen-bond acceptors (Lipinski definition) is 10. The van der Waals surface area contributed by atoms with Crippen LogP contribution in [0, 0.1) is 11.8 Å². The minimum Gasteiger partial charge on any atom is -0.379 e. The van der Waals surface area contributed by atoms with Gasteiger partial charge in [0.2, 0.25) is 11.4 Å². The number of carbonyl (C=O) groups excluding carboxylic acids is 2. The van der Waals surface area contributed by atoms with Gasteiger partial charge in [-0.05, 0) is 47.5 Å². The molecule has 0 bridgehead atoms. The molecule has 0 saturated carbocycles. The zero-order chi connectivity index (χ0) is 35.1. The molecule has 3 aromatic heterocycles. The Morgan fingerprint density at radius 3 is 2.26 bits per heavy atom. The summed E-state index contributed by atoms with van der Waals surface area (Å²) in [7, 11) is 1.65. The zero-order valence-electron chi connectivity index (χ0n) is 28.4. The lowest BCUT2D eigenvalue weighted by Gasteiger charge is -2.26. The summed E-state index contributed by atoms with van der Waals surface area (Å²) in [6, 6.07) is 15.5. The summed E-state index contributed by atoms with van der Waals surface area (Å²) < 4.78 is 12.5. The molecule has 0 aliphatic carbocycles. The monoisotopic (exact) mass is 680 g/mol. The number of primary amides is 1. The number of likely N-dealkylation sites (N-methyl/N-ethyl adjacent to an activating group) is 1. The molecule has 0 radical (unpaired) electrons. The van der Waals surface area contributed by atoms with E-state index in [2.05, 4.69) is 43.7 Å². The van der Waals surface area contributed by atoms with E-state index in [1.165, 1.54) is 10.5 Å². The van der Waals surface area contributed by atoms with Crippen molar-refractivity contribution in [3.05, 3.63) is 89.1 Å². The first-order chi connectivity index (χ1) is 24.2. The maximum Gasteiger partial charge on any atom is 0.285 e. The van der Waals surface area contributed by atoms with Gasteiger partial charge in [-0.1, -0.05) is 24.0 Å². The molecule has 262 valence electrons. The number of hydrogen-bond donors (Lipinski definition) is 3. The summed E-state index contributed by atoms with van der Waals surface area (Å²) >= 11 is 0. The molecule has 0 unspecified atom stereocenters. The fraction of sp³-hybridized carbons (Fsp3) is 0.405. The van der Waals surface area contributed by atoms with E-state index in [4.69, 9.17) is 20.9 Å². The maximum absolute atomic E-state index is 12.2. The van der Waals surface area contributed by atoms with Gasteiger partial charge in [0.1, 0.15) is 0 Å².